The lowest BCUT2D eigenvalue weighted by Crippen LogP contribution is -2.24. The van der Waals surface area contributed by atoms with E-state index in [0.717, 1.165) is 0 Å². The van der Waals surface area contributed by atoms with Crippen LogP contribution < -0.4 is 4.74 Å². The van der Waals surface area contributed by atoms with Crippen LogP contribution in [0.25, 0.3) is 0 Å². The summed E-state index contributed by atoms with van der Waals surface area (Å²) in [5.41, 5.74) is 0.906. The Hall–Kier alpha value is -2.96. The van der Waals surface area contributed by atoms with E-state index in [9.17, 15) is 23.5 Å². The molecule has 0 radical (unpaired) electrons. The van der Waals surface area contributed by atoms with Crippen molar-refractivity contribution in [3.8, 4) is 11.5 Å². The number of esters is 1. The van der Waals surface area contributed by atoms with E-state index in [1.54, 1.807) is 13.0 Å². The summed E-state index contributed by atoms with van der Waals surface area (Å²) in [6, 6.07) is 9.36. The zero-order valence-corrected chi connectivity index (χ0v) is 13.5. The van der Waals surface area contributed by atoms with Gasteiger partial charge in [-0.1, -0.05) is 6.07 Å². The number of rotatable bonds is 6. The van der Waals surface area contributed by atoms with Crippen LogP contribution in [0.4, 0.5) is 8.78 Å². The fourth-order valence-corrected chi connectivity index (χ4v) is 2.05. The highest BCUT2D eigenvalue weighted by molar-refractivity contribution is 6.01. The number of carbonyl (C=O) groups is 2. The summed E-state index contributed by atoms with van der Waals surface area (Å²) in [5.74, 6) is -1.38. The largest absolute Gasteiger partial charge is 0.508 e. The number of carbonyl (C=O) groups excluding carboxylic acids is 2. The third kappa shape index (κ3) is 4.76. The van der Waals surface area contributed by atoms with E-state index < -0.39 is 24.5 Å². The van der Waals surface area contributed by atoms with Gasteiger partial charge in [0.25, 0.3) is 0 Å². The average molecular weight is 350 g/mol. The molecule has 2 aromatic rings. The summed E-state index contributed by atoms with van der Waals surface area (Å²) in [4.78, 5) is 24.3. The minimum Gasteiger partial charge on any atom is -0.508 e. The molecule has 0 fully saturated rings. The van der Waals surface area contributed by atoms with E-state index in [1.165, 1.54) is 43.3 Å². The molecule has 1 unspecified atom stereocenters. The highest BCUT2D eigenvalue weighted by Gasteiger charge is 2.21. The van der Waals surface area contributed by atoms with Crippen molar-refractivity contribution >= 4 is 11.8 Å². The predicted octanol–water partition coefficient (Wildman–Crippen LogP) is 3.73. The standard InChI is InChI=1S/C18H16F2O5/c1-10-3-4-13(9-15(10)21)17(23)24-11(2)16(22)12-5-7-14(8-6-12)25-18(19)20/h3-9,11,18,21H,1-2H3. The number of hydrogen-bond acceptors (Lipinski definition) is 5. The Balaban J connectivity index is 2.04. The molecule has 0 aromatic heterocycles. The van der Waals surface area contributed by atoms with Gasteiger partial charge in [0.15, 0.2) is 6.10 Å². The molecule has 0 bridgehead atoms. The lowest BCUT2D eigenvalue weighted by Gasteiger charge is -2.13. The molecule has 0 heterocycles. The maximum absolute atomic E-state index is 12.3. The molecular weight excluding hydrogens is 334 g/mol. The van der Waals surface area contributed by atoms with E-state index in [1.807, 2.05) is 0 Å². The fraction of sp³-hybridized carbons (Fsp3) is 0.222. The van der Waals surface area contributed by atoms with Crippen LogP contribution in [0.3, 0.4) is 0 Å². The number of aryl methyl sites for hydroxylation is 1. The third-order valence-electron chi connectivity index (χ3n) is 3.46. The molecule has 1 atom stereocenters. The Morgan fingerprint density at radius 3 is 2.20 bits per heavy atom. The quantitative estimate of drug-likeness (QED) is 0.635. The van der Waals surface area contributed by atoms with Crippen molar-refractivity contribution in [2.24, 2.45) is 0 Å². The molecule has 0 aliphatic heterocycles. The number of aromatic hydroxyl groups is 1. The van der Waals surface area contributed by atoms with Crippen LogP contribution in [0.2, 0.25) is 0 Å². The van der Waals surface area contributed by atoms with Crippen LogP contribution in [-0.2, 0) is 4.74 Å². The monoisotopic (exact) mass is 350 g/mol. The fourth-order valence-electron chi connectivity index (χ4n) is 2.05. The summed E-state index contributed by atoms with van der Waals surface area (Å²) in [7, 11) is 0. The van der Waals surface area contributed by atoms with Gasteiger partial charge in [-0.2, -0.15) is 8.78 Å². The van der Waals surface area contributed by atoms with Gasteiger partial charge in [0, 0.05) is 5.56 Å². The molecule has 0 saturated heterocycles. The molecule has 0 amide bonds. The zero-order chi connectivity index (χ0) is 18.6. The minimum atomic E-state index is -2.95. The second-order valence-corrected chi connectivity index (χ2v) is 5.32. The number of alkyl halides is 2. The molecule has 0 saturated carbocycles. The minimum absolute atomic E-state index is 0.0527. The lowest BCUT2D eigenvalue weighted by molar-refractivity contribution is -0.0498. The van der Waals surface area contributed by atoms with Crippen LogP contribution >= 0.6 is 0 Å². The number of ketones is 1. The smallest absolute Gasteiger partial charge is 0.387 e. The molecule has 0 spiro atoms. The van der Waals surface area contributed by atoms with Crippen LogP contribution in [0, 0.1) is 6.92 Å². The summed E-state index contributed by atoms with van der Waals surface area (Å²) in [6.07, 6.45) is -1.09. The van der Waals surface area contributed by atoms with Gasteiger partial charge < -0.3 is 14.6 Å². The van der Waals surface area contributed by atoms with Gasteiger partial charge in [0.05, 0.1) is 5.56 Å². The van der Waals surface area contributed by atoms with Crippen molar-refractivity contribution < 1.29 is 33.0 Å². The second kappa shape index (κ2) is 7.74. The Morgan fingerprint density at radius 1 is 1.04 bits per heavy atom. The van der Waals surface area contributed by atoms with Gasteiger partial charge >= 0.3 is 12.6 Å². The SMILES string of the molecule is Cc1ccc(C(=O)OC(C)C(=O)c2ccc(OC(F)F)cc2)cc1O. The van der Waals surface area contributed by atoms with E-state index in [-0.39, 0.29) is 22.6 Å². The van der Waals surface area contributed by atoms with Crippen molar-refractivity contribution in [3.63, 3.8) is 0 Å². The molecule has 132 valence electrons. The molecule has 2 aromatic carbocycles. The number of halogens is 2. The first-order chi connectivity index (χ1) is 11.8. The van der Waals surface area contributed by atoms with Gasteiger partial charge in [-0.3, -0.25) is 4.79 Å². The van der Waals surface area contributed by atoms with Crippen molar-refractivity contribution in [1.29, 1.82) is 0 Å². The van der Waals surface area contributed by atoms with Gasteiger partial charge in [0.2, 0.25) is 5.78 Å². The number of benzene rings is 2. The van der Waals surface area contributed by atoms with Crippen LogP contribution in [0.1, 0.15) is 33.2 Å². The van der Waals surface area contributed by atoms with Gasteiger partial charge in [-0.05, 0) is 55.8 Å². The Kier molecular flexibility index (Phi) is 5.69. The van der Waals surface area contributed by atoms with E-state index in [0.29, 0.717) is 5.56 Å². The number of phenolic OH excluding ortho intramolecular Hbond substituents is 1. The molecule has 5 nitrogen and oxygen atoms in total. The van der Waals surface area contributed by atoms with Crippen molar-refractivity contribution in [3.05, 3.63) is 59.2 Å². The molecule has 2 rings (SSSR count). The Bertz CT molecular complexity index is 772. The molecule has 1 N–H and O–H groups in total. The third-order valence-corrected chi connectivity index (χ3v) is 3.46. The van der Waals surface area contributed by atoms with E-state index in [2.05, 4.69) is 4.74 Å². The molecule has 0 aliphatic rings. The van der Waals surface area contributed by atoms with Crippen molar-refractivity contribution in [1.82, 2.24) is 0 Å². The van der Waals surface area contributed by atoms with Crippen LogP contribution in [-0.4, -0.2) is 29.6 Å². The second-order valence-electron chi connectivity index (χ2n) is 5.32. The average Bonchev–Trinajstić information content (AvgIpc) is 2.56. The first-order valence-electron chi connectivity index (χ1n) is 7.37. The highest BCUT2D eigenvalue weighted by Crippen LogP contribution is 2.20. The number of phenols is 1. The van der Waals surface area contributed by atoms with Crippen molar-refractivity contribution in [2.75, 3.05) is 0 Å². The predicted molar refractivity (Wildman–Crippen MR) is 85.1 cm³/mol. The highest BCUT2D eigenvalue weighted by atomic mass is 19.3. The summed E-state index contributed by atoms with van der Waals surface area (Å²) < 4.78 is 33.5. The lowest BCUT2D eigenvalue weighted by atomic mass is 10.1. The Labute approximate surface area is 142 Å². The maximum Gasteiger partial charge on any atom is 0.387 e. The topological polar surface area (TPSA) is 72.8 Å². The normalized spacial score (nSPS) is 11.9. The Morgan fingerprint density at radius 2 is 1.64 bits per heavy atom. The van der Waals surface area contributed by atoms with Crippen molar-refractivity contribution in [2.45, 2.75) is 26.6 Å². The first kappa shape index (κ1) is 18.4. The van der Waals surface area contributed by atoms with E-state index in [4.69, 9.17) is 4.74 Å². The van der Waals surface area contributed by atoms with Gasteiger partial charge in [0.1, 0.15) is 11.5 Å². The first-order valence-corrected chi connectivity index (χ1v) is 7.37. The summed E-state index contributed by atoms with van der Waals surface area (Å²) in [6.45, 7) is 0.128. The van der Waals surface area contributed by atoms with Crippen LogP contribution in [0.5, 0.6) is 11.5 Å². The molecule has 7 heteroatoms. The molecule has 0 aliphatic carbocycles. The zero-order valence-electron chi connectivity index (χ0n) is 13.5. The molecular formula is C18H16F2O5. The summed E-state index contributed by atoms with van der Waals surface area (Å²) >= 11 is 0. The van der Waals surface area contributed by atoms with E-state index >= 15 is 0 Å². The summed E-state index contributed by atoms with van der Waals surface area (Å²) in [5, 5.41) is 9.62. The van der Waals surface area contributed by atoms with Crippen LogP contribution in [0.15, 0.2) is 42.5 Å². The van der Waals surface area contributed by atoms with Gasteiger partial charge in [-0.15, -0.1) is 0 Å². The molecule has 25 heavy (non-hydrogen) atoms. The number of hydrogen-bond donors (Lipinski definition) is 1. The van der Waals surface area contributed by atoms with Gasteiger partial charge in [-0.25, -0.2) is 4.79 Å². The maximum atomic E-state index is 12.3. The number of ether oxygens (including phenoxy) is 2. The number of Topliss-reactive ketones (excluding diaryl/α,β-unsaturated/α-hetero) is 1.